The molecular weight excluding hydrogens is 334 g/mol. The van der Waals surface area contributed by atoms with Crippen LogP contribution in [0.4, 0.5) is 5.69 Å². The Morgan fingerprint density at radius 3 is 2.46 bits per heavy atom. The lowest BCUT2D eigenvalue weighted by Gasteiger charge is -2.27. The molecule has 0 spiro atoms. The maximum atomic E-state index is 12.1. The van der Waals surface area contributed by atoms with Gasteiger partial charge in [0.05, 0.1) is 29.7 Å². The fraction of sp³-hybridized carbons (Fsp3) is 0.158. The van der Waals surface area contributed by atoms with Gasteiger partial charge in [0.15, 0.2) is 6.19 Å². The van der Waals surface area contributed by atoms with E-state index in [-0.39, 0.29) is 23.4 Å². The van der Waals surface area contributed by atoms with Crippen molar-refractivity contribution in [1.29, 1.82) is 5.26 Å². The molecule has 0 saturated heterocycles. The minimum Gasteiger partial charge on any atom is -0.466 e. The second-order valence-electron chi connectivity index (χ2n) is 5.45. The van der Waals surface area contributed by atoms with Crippen molar-refractivity contribution in [2.45, 2.75) is 12.6 Å². The Bertz CT molecular complexity index is 859. The van der Waals surface area contributed by atoms with Crippen LogP contribution in [-0.4, -0.2) is 22.9 Å². The Labute approximate surface area is 150 Å². The molecule has 2 rings (SSSR count). The first-order valence-corrected chi connectivity index (χ1v) is 7.70. The quantitative estimate of drug-likeness (QED) is 0.189. The molecule has 0 aromatic heterocycles. The van der Waals surface area contributed by atoms with Crippen LogP contribution >= 0.6 is 0 Å². The average Bonchev–Trinajstić information content (AvgIpc) is 2.67. The number of hydrogen-bond acceptors (Lipinski definition) is 6. The Kier molecular flexibility index (Phi) is 6.06. The van der Waals surface area contributed by atoms with Gasteiger partial charge in [0, 0.05) is 6.07 Å². The molecule has 1 unspecified atom stereocenters. The molecule has 0 aliphatic carbocycles. The molecule has 0 bridgehead atoms. The van der Waals surface area contributed by atoms with E-state index in [0.29, 0.717) is 0 Å². The van der Waals surface area contributed by atoms with Crippen molar-refractivity contribution in [1.82, 2.24) is 4.90 Å². The minimum atomic E-state index is -1.02. The SMILES string of the molecule is C=C(C(=O)OC)C(c1ccccc1[N+](=O)[O-])N(C#N)Cc1ccccc1. The summed E-state index contributed by atoms with van der Waals surface area (Å²) in [7, 11) is 1.19. The van der Waals surface area contributed by atoms with Crippen molar-refractivity contribution in [2.75, 3.05) is 7.11 Å². The molecule has 2 aromatic carbocycles. The third kappa shape index (κ3) is 4.05. The van der Waals surface area contributed by atoms with Gasteiger partial charge in [0.2, 0.25) is 0 Å². The first-order valence-electron chi connectivity index (χ1n) is 7.70. The summed E-state index contributed by atoms with van der Waals surface area (Å²) >= 11 is 0. The molecule has 0 aliphatic heterocycles. The van der Waals surface area contributed by atoms with Crippen LogP contribution in [0.2, 0.25) is 0 Å². The summed E-state index contributed by atoms with van der Waals surface area (Å²) in [6.45, 7) is 3.88. The minimum absolute atomic E-state index is 0.0562. The van der Waals surface area contributed by atoms with Crippen LogP contribution in [0.25, 0.3) is 0 Å². The predicted octanol–water partition coefficient (Wildman–Crippen LogP) is 3.35. The first kappa shape index (κ1) is 18.7. The molecule has 1 atom stereocenters. The Morgan fingerprint density at radius 1 is 1.27 bits per heavy atom. The van der Waals surface area contributed by atoms with Crippen LogP contribution in [-0.2, 0) is 16.1 Å². The topological polar surface area (TPSA) is 96.5 Å². The molecular formula is C19H17N3O4. The van der Waals surface area contributed by atoms with Gasteiger partial charge < -0.3 is 4.74 Å². The molecule has 132 valence electrons. The van der Waals surface area contributed by atoms with Crippen LogP contribution in [0.3, 0.4) is 0 Å². The zero-order chi connectivity index (χ0) is 19.1. The number of esters is 1. The third-order valence-corrected chi connectivity index (χ3v) is 3.84. The molecule has 0 fully saturated rings. The van der Waals surface area contributed by atoms with E-state index in [2.05, 4.69) is 6.58 Å². The smallest absolute Gasteiger partial charge is 0.335 e. The molecule has 0 saturated carbocycles. The van der Waals surface area contributed by atoms with Crippen LogP contribution in [0.15, 0.2) is 66.7 Å². The highest BCUT2D eigenvalue weighted by Crippen LogP contribution is 2.35. The van der Waals surface area contributed by atoms with E-state index in [4.69, 9.17) is 4.74 Å². The lowest BCUT2D eigenvalue weighted by atomic mass is 9.96. The van der Waals surface area contributed by atoms with E-state index < -0.39 is 16.9 Å². The van der Waals surface area contributed by atoms with E-state index in [1.54, 1.807) is 6.07 Å². The predicted molar refractivity (Wildman–Crippen MR) is 94.6 cm³/mol. The number of hydrogen-bond donors (Lipinski definition) is 0. The van der Waals surface area contributed by atoms with Crippen LogP contribution in [0.5, 0.6) is 0 Å². The molecule has 26 heavy (non-hydrogen) atoms. The van der Waals surface area contributed by atoms with E-state index in [1.165, 1.54) is 30.2 Å². The lowest BCUT2D eigenvalue weighted by molar-refractivity contribution is -0.385. The van der Waals surface area contributed by atoms with Crippen LogP contribution in [0.1, 0.15) is 17.2 Å². The number of nitro groups is 1. The van der Waals surface area contributed by atoms with Gasteiger partial charge in [-0.25, -0.2) is 4.79 Å². The number of rotatable bonds is 7. The highest BCUT2D eigenvalue weighted by atomic mass is 16.6. The van der Waals surface area contributed by atoms with Crippen molar-refractivity contribution in [2.24, 2.45) is 0 Å². The number of nitrogens with zero attached hydrogens (tertiary/aromatic N) is 3. The number of benzene rings is 2. The summed E-state index contributed by atoms with van der Waals surface area (Å²) in [5, 5.41) is 21.1. The summed E-state index contributed by atoms with van der Waals surface area (Å²) in [5.74, 6) is -0.735. The third-order valence-electron chi connectivity index (χ3n) is 3.84. The number of carbonyl (C=O) groups is 1. The maximum Gasteiger partial charge on any atom is 0.335 e. The maximum absolute atomic E-state index is 12.1. The van der Waals surface area contributed by atoms with Gasteiger partial charge in [0.1, 0.15) is 6.04 Å². The van der Waals surface area contributed by atoms with E-state index in [0.717, 1.165) is 5.56 Å². The van der Waals surface area contributed by atoms with Crippen molar-refractivity contribution < 1.29 is 14.5 Å². The fourth-order valence-corrected chi connectivity index (χ4v) is 2.64. The van der Waals surface area contributed by atoms with Crippen LogP contribution < -0.4 is 0 Å². The standard InChI is InChI=1S/C19H17N3O4/c1-14(19(23)26-2)18(16-10-6-7-11-17(16)22(24)25)21(13-20)12-15-8-4-3-5-9-15/h3-11,18H,1,12H2,2H3. The summed E-state index contributed by atoms with van der Waals surface area (Å²) in [5.41, 5.74) is 0.760. The lowest BCUT2D eigenvalue weighted by Crippen LogP contribution is -2.29. The number of methoxy groups -OCH3 is 1. The second-order valence-corrected chi connectivity index (χ2v) is 5.45. The number of nitro benzene ring substituents is 1. The van der Waals surface area contributed by atoms with Crippen molar-refractivity contribution >= 4 is 11.7 Å². The van der Waals surface area contributed by atoms with Gasteiger partial charge in [-0.1, -0.05) is 49.0 Å². The van der Waals surface area contributed by atoms with Crippen molar-refractivity contribution in [3.05, 3.63) is 88.0 Å². The summed E-state index contributed by atoms with van der Waals surface area (Å²) < 4.78 is 4.72. The van der Waals surface area contributed by atoms with Crippen molar-refractivity contribution in [3.8, 4) is 6.19 Å². The van der Waals surface area contributed by atoms with Crippen LogP contribution in [0, 0.1) is 21.6 Å². The zero-order valence-corrected chi connectivity index (χ0v) is 14.2. The van der Waals surface area contributed by atoms with Crippen molar-refractivity contribution in [3.63, 3.8) is 0 Å². The summed E-state index contributed by atoms with van der Waals surface area (Å²) in [6.07, 6.45) is 2.02. The van der Waals surface area contributed by atoms with Gasteiger partial charge in [-0.05, 0) is 11.6 Å². The second kappa shape index (κ2) is 8.44. The fourth-order valence-electron chi connectivity index (χ4n) is 2.64. The average molecular weight is 351 g/mol. The normalized spacial score (nSPS) is 11.1. The highest BCUT2D eigenvalue weighted by molar-refractivity contribution is 5.89. The van der Waals surface area contributed by atoms with E-state index in [1.807, 2.05) is 36.5 Å². The van der Waals surface area contributed by atoms with E-state index in [9.17, 15) is 20.2 Å². The molecule has 0 aliphatic rings. The molecule has 0 amide bonds. The first-order chi connectivity index (χ1) is 12.5. The van der Waals surface area contributed by atoms with Gasteiger partial charge >= 0.3 is 5.97 Å². The largest absolute Gasteiger partial charge is 0.466 e. The number of carbonyl (C=O) groups excluding carboxylic acids is 1. The van der Waals surface area contributed by atoms with E-state index >= 15 is 0 Å². The molecule has 7 nitrogen and oxygen atoms in total. The summed E-state index contributed by atoms with van der Waals surface area (Å²) in [4.78, 5) is 24.2. The van der Waals surface area contributed by atoms with Gasteiger partial charge in [-0.3, -0.25) is 15.0 Å². The molecule has 0 radical (unpaired) electrons. The molecule has 0 N–H and O–H groups in total. The molecule has 7 heteroatoms. The number of ether oxygens (including phenoxy) is 1. The monoisotopic (exact) mass is 351 g/mol. The van der Waals surface area contributed by atoms with Gasteiger partial charge in [-0.15, -0.1) is 0 Å². The molecule has 0 heterocycles. The number of para-hydroxylation sites is 1. The Balaban J connectivity index is 2.54. The Hall–Kier alpha value is -3.66. The summed E-state index contributed by atoms with van der Waals surface area (Å²) in [6, 6.07) is 14.1. The van der Waals surface area contributed by atoms with Gasteiger partial charge in [-0.2, -0.15) is 5.26 Å². The zero-order valence-electron chi connectivity index (χ0n) is 14.2. The number of nitriles is 1. The Morgan fingerprint density at radius 2 is 1.88 bits per heavy atom. The highest BCUT2D eigenvalue weighted by Gasteiger charge is 2.32. The van der Waals surface area contributed by atoms with Gasteiger partial charge in [0.25, 0.3) is 5.69 Å². The molecule has 2 aromatic rings.